The molecule has 0 saturated carbocycles. The number of rotatable bonds is 3. The average Bonchev–Trinajstić information content (AvgIpc) is 2.87. The lowest BCUT2D eigenvalue weighted by Gasteiger charge is -2.22. The van der Waals surface area contributed by atoms with Gasteiger partial charge in [-0.2, -0.15) is 0 Å². The predicted octanol–water partition coefficient (Wildman–Crippen LogP) is 2.85. The van der Waals surface area contributed by atoms with Crippen LogP contribution in [0.15, 0.2) is 24.4 Å². The summed E-state index contributed by atoms with van der Waals surface area (Å²) < 4.78 is 5.49. The smallest absolute Gasteiger partial charge is 0.128 e. The van der Waals surface area contributed by atoms with Crippen molar-refractivity contribution in [2.45, 2.75) is 26.8 Å². The maximum absolute atomic E-state index is 6.15. The second-order valence-corrected chi connectivity index (χ2v) is 5.57. The van der Waals surface area contributed by atoms with Crippen molar-refractivity contribution in [3.8, 4) is 5.75 Å². The number of ether oxygens (including phenoxy) is 1. The summed E-state index contributed by atoms with van der Waals surface area (Å²) in [6.07, 6.45) is 2.93. The molecule has 1 aromatic heterocycles. The van der Waals surface area contributed by atoms with Crippen LogP contribution in [0.2, 0.25) is 0 Å². The molecule has 0 atom stereocenters. The Balaban J connectivity index is 1.94. The molecule has 4 nitrogen and oxygen atoms in total. The van der Waals surface area contributed by atoms with E-state index >= 15 is 0 Å². The number of benzene rings is 1. The minimum absolute atomic E-state index is 0.768. The molecule has 1 aliphatic heterocycles. The third-order valence-electron chi connectivity index (χ3n) is 4.21. The number of methoxy groups -OCH3 is 1. The lowest BCUT2D eigenvalue weighted by atomic mass is 10.1. The Labute approximate surface area is 125 Å². The topological polar surface area (TPSA) is 51.4 Å². The summed E-state index contributed by atoms with van der Waals surface area (Å²) >= 11 is 0. The maximum Gasteiger partial charge on any atom is 0.128 e. The summed E-state index contributed by atoms with van der Waals surface area (Å²) in [6, 6.07) is 6.14. The molecular formula is C17H21N3O. The van der Waals surface area contributed by atoms with Crippen molar-refractivity contribution < 1.29 is 4.74 Å². The molecule has 1 aliphatic rings. The average molecular weight is 283 g/mol. The first-order valence-electron chi connectivity index (χ1n) is 7.23. The van der Waals surface area contributed by atoms with Crippen LogP contribution in [0.25, 0.3) is 0 Å². The Bertz CT molecular complexity index is 682. The van der Waals surface area contributed by atoms with Gasteiger partial charge in [0.1, 0.15) is 5.75 Å². The zero-order chi connectivity index (χ0) is 15.0. The first-order chi connectivity index (χ1) is 10.1. The normalized spacial score (nSPS) is 13.4. The first kappa shape index (κ1) is 13.7. The Morgan fingerprint density at radius 1 is 1.33 bits per heavy atom. The zero-order valence-electron chi connectivity index (χ0n) is 12.8. The fourth-order valence-electron chi connectivity index (χ4n) is 3.14. The number of hydrogen-bond donors (Lipinski definition) is 1. The van der Waals surface area contributed by atoms with Gasteiger partial charge in [0.05, 0.1) is 30.7 Å². The molecule has 1 aromatic carbocycles. The van der Waals surface area contributed by atoms with Crippen LogP contribution >= 0.6 is 0 Å². The number of aryl methyl sites for hydroxylation is 1. The van der Waals surface area contributed by atoms with Crippen molar-refractivity contribution in [3.63, 3.8) is 0 Å². The van der Waals surface area contributed by atoms with Gasteiger partial charge in [-0.25, -0.2) is 0 Å². The van der Waals surface area contributed by atoms with Crippen LogP contribution in [0.5, 0.6) is 5.75 Å². The molecular weight excluding hydrogens is 262 g/mol. The number of aromatic nitrogens is 1. The summed E-state index contributed by atoms with van der Waals surface area (Å²) in [5, 5.41) is 0. The van der Waals surface area contributed by atoms with Crippen LogP contribution in [0.3, 0.4) is 0 Å². The molecule has 4 heteroatoms. The maximum atomic E-state index is 6.15. The van der Waals surface area contributed by atoms with Gasteiger partial charge >= 0.3 is 0 Å². The highest BCUT2D eigenvalue weighted by Crippen LogP contribution is 2.35. The van der Waals surface area contributed by atoms with E-state index in [-0.39, 0.29) is 0 Å². The molecule has 0 amide bonds. The Morgan fingerprint density at radius 2 is 2.14 bits per heavy atom. The summed E-state index contributed by atoms with van der Waals surface area (Å²) in [5.74, 6) is 0.931. The SMILES string of the molecule is COc1c(C)cnc(CN2CCc3cccc(N)c32)c1C. The zero-order valence-corrected chi connectivity index (χ0v) is 12.8. The summed E-state index contributed by atoms with van der Waals surface area (Å²) in [7, 11) is 1.71. The largest absolute Gasteiger partial charge is 0.496 e. The van der Waals surface area contributed by atoms with Gasteiger partial charge in [0.15, 0.2) is 0 Å². The van der Waals surface area contributed by atoms with Crippen molar-refractivity contribution in [2.24, 2.45) is 0 Å². The highest BCUT2D eigenvalue weighted by molar-refractivity contribution is 5.74. The number of fused-ring (bicyclic) bond motifs is 1. The molecule has 0 unspecified atom stereocenters. The molecule has 0 fully saturated rings. The number of nitrogens with two attached hydrogens (primary N) is 1. The fourth-order valence-corrected chi connectivity index (χ4v) is 3.14. The van der Waals surface area contributed by atoms with Gasteiger partial charge in [0, 0.05) is 23.9 Å². The fraction of sp³-hybridized carbons (Fsp3) is 0.353. The Hall–Kier alpha value is -2.23. The quantitative estimate of drug-likeness (QED) is 0.880. The first-order valence-corrected chi connectivity index (χ1v) is 7.23. The lowest BCUT2D eigenvalue weighted by Crippen LogP contribution is -2.22. The third kappa shape index (κ3) is 2.31. The number of nitrogen functional groups attached to an aromatic ring is 1. The van der Waals surface area contributed by atoms with Gasteiger partial charge in [0.2, 0.25) is 0 Å². The van der Waals surface area contributed by atoms with E-state index in [1.807, 2.05) is 25.3 Å². The lowest BCUT2D eigenvalue weighted by molar-refractivity contribution is 0.407. The number of hydrogen-bond acceptors (Lipinski definition) is 4. The van der Waals surface area contributed by atoms with Crippen molar-refractivity contribution in [1.29, 1.82) is 0 Å². The number of anilines is 2. The molecule has 110 valence electrons. The van der Waals surface area contributed by atoms with Crippen LogP contribution in [-0.4, -0.2) is 18.6 Å². The van der Waals surface area contributed by atoms with Crippen LogP contribution in [0, 0.1) is 13.8 Å². The van der Waals surface area contributed by atoms with Gasteiger partial charge in [-0.05, 0) is 31.9 Å². The standard InChI is InChI=1S/C17H21N3O/c1-11-9-19-15(12(2)17(11)21-3)10-20-8-7-13-5-4-6-14(18)16(13)20/h4-6,9H,7-8,10,18H2,1-3H3. The second-order valence-electron chi connectivity index (χ2n) is 5.57. The highest BCUT2D eigenvalue weighted by Gasteiger charge is 2.23. The third-order valence-corrected chi connectivity index (χ3v) is 4.21. The van der Waals surface area contributed by atoms with E-state index in [2.05, 4.69) is 22.9 Å². The molecule has 2 aromatic rings. The molecule has 21 heavy (non-hydrogen) atoms. The Kier molecular flexibility index (Phi) is 3.45. The van der Waals surface area contributed by atoms with Gasteiger partial charge in [0.25, 0.3) is 0 Å². The van der Waals surface area contributed by atoms with Crippen molar-refractivity contribution in [3.05, 3.63) is 46.8 Å². The van der Waals surface area contributed by atoms with Gasteiger partial charge in [-0.1, -0.05) is 12.1 Å². The van der Waals surface area contributed by atoms with Crippen LogP contribution in [0.1, 0.15) is 22.4 Å². The van der Waals surface area contributed by atoms with Crippen LogP contribution in [-0.2, 0) is 13.0 Å². The van der Waals surface area contributed by atoms with E-state index in [0.29, 0.717) is 0 Å². The van der Waals surface area contributed by atoms with E-state index in [1.54, 1.807) is 7.11 Å². The molecule has 0 bridgehead atoms. The molecule has 2 N–H and O–H groups in total. The molecule has 3 rings (SSSR count). The minimum atomic E-state index is 0.768. The summed E-state index contributed by atoms with van der Waals surface area (Å²) in [5.41, 5.74) is 12.7. The van der Waals surface area contributed by atoms with Crippen LogP contribution < -0.4 is 15.4 Å². The van der Waals surface area contributed by atoms with Crippen molar-refractivity contribution in [1.82, 2.24) is 4.98 Å². The summed E-state index contributed by atoms with van der Waals surface area (Å²) in [4.78, 5) is 6.90. The monoisotopic (exact) mass is 283 g/mol. The van der Waals surface area contributed by atoms with E-state index < -0.39 is 0 Å². The highest BCUT2D eigenvalue weighted by atomic mass is 16.5. The van der Waals surface area contributed by atoms with E-state index in [1.165, 1.54) is 11.3 Å². The van der Waals surface area contributed by atoms with Gasteiger partial charge in [-0.3, -0.25) is 4.98 Å². The van der Waals surface area contributed by atoms with Crippen LogP contribution in [0.4, 0.5) is 11.4 Å². The van der Waals surface area contributed by atoms with E-state index in [0.717, 1.165) is 47.8 Å². The number of para-hydroxylation sites is 1. The number of nitrogens with zero attached hydrogens (tertiary/aromatic N) is 2. The summed E-state index contributed by atoms with van der Waals surface area (Å²) in [6.45, 7) is 5.84. The second kappa shape index (κ2) is 5.28. The van der Waals surface area contributed by atoms with E-state index in [4.69, 9.17) is 10.5 Å². The molecule has 2 heterocycles. The molecule has 0 spiro atoms. The molecule has 0 aliphatic carbocycles. The van der Waals surface area contributed by atoms with Crippen molar-refractivity contribution in [2.75, 3.05) is 24.3 Å². The van der Waals surface area contributed by atoms with Gasteiger partial charge < -0.3 is 15.4 Å². The minimum Gasteiger partial charge on any atom is -0.496 e. The molecule has 0 radical (unpaired) electrons. The van der Waals surface area contributed by atoms with E-state index in [9.17, 15) is 0 Å². The van der Waals surface area contributed by atoms with Crippen molar-refractivity contribution >= 4 is 11.4 Å². The molecule has 0 saturated heterocycles. The predicted molar refractivity (Wildman–Crippen MR) is 85.9 cm³/mol. The van der Waals surface area contributed by atoms with Gasteiger partial charge in [-0.15, -0.1) is 0 Å². The Morgan fingerprint density at radius 3 is 2.90 bits per heavy atom. The number of pyridine rings is 1.